The topological polar surface area (TPSA) is 74.6 Å². The predicted molar refractivity (Wildman–Crippen MR) is 109 cm³/mol. The summed E-state index contributed by atoms with van der Waals surface area (Å²) >= 11 is 0. The van der Waals surface area contributed by atoms with E-state index in [2.05, 4.69) is 10.2 Å². The van der Waals surface area contributed by atoms with E-state index >= 15 is 0 Å². The van der Waals surface area contributed by atoms with Crippen LogP contribution in [0.1, 0.15) is 31.2 Å². The van der Waals surface area contributed by atoms with Gasteiger partial charge in [0.15, 0.2) is 18.1 Å². The van der Waals surface area contributed by atoms with E-state index in [0.29, 0.717) is 17.1 Å². The Morgan fingerprint density at radius 3 is 2.43 bits per heavy atom. The van der Waals surface area contributed by atoms with E-state index in [0.717, 1.165) is 18.8 Å². The first-order valence-electron chi connectivity index (χ1n) is 9.55. The molecule has 0 aromatic heterocycles. The molecule has 146 valence electrons. The Morgan fingerprint density at radius 1 is 1.07 bits per heavy atom. The number of benzene rings is 2. The lowest BCUT2D eigenvalue weighted by molar-refractivity contribution is -0.118. The molecule has 0 spiro atoms. The van der Waals surface area contributed by atoms with E-state index in [4.69, 9.17) is 14.7 Å². The lowest BCUT2D eigenvalue weighted by Gasteiger charge is -2.22. The van der Waals surface area contributed by atoms with Crippen molar-refractivity contribution in [2.45, 2.75) is 25.7 Å². The standard InChI is InChI=1S/C22H25N3O3/c1-27-21-14-17(15-23)6-11-20(21)28-16-22(26)24-18-7-9-19(10-8-18)25-12-4-2-3-5-13-25/h6-11,14H,2-5,12-13,16H2,1H3,(H,24,26). The molecular formula is C22H25N3O3. The van der Waals surface area contributed by atoms with Crippen molar-refractivity contribution in [1.29, 1.82) is 5.26 Å². The first-order chi connectivity index (χ1) is 13.7. The van der Waals surface area contributed by atoms with Crippen molar-refractivity contribution in [3.63, 3.8) is 0 Å². The van der Waals surface area contributed by atoms with Crippen LogP contribution in [0, 0.1) is 11.3 Å². The van der Waals surface area contributed by atoms with Crippen molar-refractivity contribution in [2.24, 2.45) is 0 Å². The minimum atomic E-state index is -0.256. The second-order valence-electron chi connectivity index (χ2n) is 6.76. The van der Waals surface area contributed by atoms with Gasteiger partial charge in [0.1, 0.15) is 0 Å². The largest absolute Gasteiger partial charge is 0.493 e. The normalized spacial score (nSPS) is 13.9. The Bertz CT molecular complexity index is 835. The van der Waals surface area contributed by atoms with Gasteiger partial charge in [-0.3, -0.25) is 4.79 Å². The molecular weight excluding hydrogens is 354 g/mol. The summed E-state index contributed by atoms with van der Waals surface area (Å²) in [6.45, 7) is 2.04. The summed E-state index contributed by atoms with van der Waals surface area (Å²) in [7, 11) is 1.50. The molecule has 0 unspecified atom stereocenters. The zero-order chi connectivity index (χ0) is 19.8. The van der Waals surface area contributed by atoms with Crippen molar-refractivity contribution in [3.05, 3.63) is 48.0 Å². The molecule has 6 heteroatoms. The number of nitriles is 1. The average Bonchev–Trinajstić information content (AvgIpc) is 3.02. The number of hydrogen-bond donors (Lipinski definition) is 1. The van der Waals surface area contributed by atoms with Gasteiger partial charge in [0.05, 0.1) is 18.7 Å². The van der Waals surface area contributed by atoms with Crippen LogP contribution in [0.2, 0.25) is 0 Å². The summed E-state index contributed by atoms with van der Waals surface area (Å²) in [6, 6.07) is 14.8. The van der Waals surface area contributed by atoms with E-state index in [9.17, 15) is 4.79 Å². The fraction of sp³-hybridized carbons (Fsp3) is 0.364. The molecule has 2 aromatic rings. The van der Waals surface area contributed by atoms with Crippen LogP contribution >= 0.6 is 0 Å². The molecule has 0 radical (unpaired) electrons. The van der Waals surface area contributed by atoms with Gasteiger partial charge in [-0.05, 0) is 49.2 Å². The maximum atomic E-state index is 12.2. The molecule has 1 saturated heterocycles. The summed E-state index contributed by atoms with van der Waals surface area (Å²) in [5.74, 6) is 0.593. The van der Waals surface area contributed by atoms with Crippen LogP contribution < -0.4 is 19.7 Å². The Balaban J connectivity index is 1.54. The highest BCUT2D eigenvalue weighted by Gasteiger charge is 2.11. The highest BCUT2D eigenvalue weighted by Crippen LogP contribution is 2.28. The Labute approximate surface area is 165 Å². The summed E-state index contributed by atoms with van der Waals surface area (Å²) in [5.41, 5.74) is 2.40. The third-order valence-corrected chi connectivity index (χ3v) is 4.77. The van der Waals surface area contributed by atoms with Crippen molar-refractivity contribution in [1.82, 2.24) is 0 Å². The molecule has 2 aromatic carbocycles. The van der Waals surface area contributed by atoms with Crippen LogP contribution in [0.5, 0.6) is 11.5 Å². The first kappa shape index (κ1) is 19.6. The zero-order valence-electron chi connectivity index (χ0n) is 16.1. The molecule has 0 bridgehead atoms. The minimum absolute atomic E-state index is 0.143. The zero-order valence-corrected chi connectivity index (χ0v) is 16.1. The Morgan fingerprint density at radius 2 is 1.79 bits per heavy atom. The van der Waals surface area contributed by atoms with E-state index in [1.165, 1.54) is 38.5 Å². The number of rotatable bonds is 6. The van der Waals surface area contributed by atoms with Crippen LogP contribution in [0.15, 0.2) is 42.5 Å². The second-order valence-corrected chi connectivity index (χ2v) is 6.76. The molecule has 6 nitrogen and oxygen atoms in total. The van der Waals surface area contributed by atoms with Crippen molar-refractivity contribution in [2.75, 3.05) is 37.0 Å². The fourth-order valence-electron chi connectivity index (χ4n) is 3.28. The third kappa shape index (κ3) is 5.17. The SMILES string of the molecule is COc1cc(C#N)ccc1OCC(=O)Nc1ccc(N2CCCCCC2)cc1. The van der Waals surface area contributed by atoms with Crippen LogP contribution in [0.25, 0.3) is 0 Å². The number of anilines is 2. The van der Waals surface area contributed by atoms with Gasteiger partial charge in [-0.1, -0.05) is 12.8 Å². The lowest BCUT2D eigenvalue weighted by atomic mass is 10.2. The molecule has 0 atom stereocenters. The van der Waals surface area contributed by atoms with Gasteiger partial charge in [0.25, 0.3) is 5.91 Å². The third-order valence-electron chi connectivity index (χ3n) is 4.77. The number of carbonyl (C=O) groups excluding carboxylic acids is 1. The van der Waals surface area contributed by atoms with E-state index in [1.807, 2.05) is 30.3 Å². The van der Waals surface area contributed by atoms with Crippen molar-refractivity contribution >= 4 is 17.3 Å². The van der Waals surface area contributed by atoms with Gasteiger partial charge in [0, 0.05) is 30.5 Å². The summed E-state index contributed by atoms with van der Waals surface area (Å²) in [4.78, 5) is 14.6. The van der Waals surface area contributed by atoms with Crippen LogP contribution in [-0.2, 0) is 4.79 Å². The summed E-state index contributed by atoms with van der Waals surface area (Å²) < 4.78 is 10.7. The van der Waals surface area contributed by atoms with Gasteiger partial charge in [-0.25, -0.2) is 0 Å². The quantitative estimate of drug-likeness (QED) is 0.822. The molecule has 1 aliphatic rings. The van der Waals surface area contributed by atoms with Gasteiger partial charge in [-0.2, -0.15) is 5.26 Å². The van der Waals surface area contributed by atoms with Gasteiger partial charge < -0.3 is 19.7 Å². The Kier molecular flexibility index (Phi) is 6.74. The number of methoxy groups -OCH3 is 1. The molecule has 3 rings (SSSR count). The van der Waals surface area contributed by atoms with E-state index in [1.54, 1.807) is 18.2 Å². The lowest BCUT2D eigenvalue weighted by Crippen LogP contribution is -2.24. The summed E-state index contributed by atoms with van der Waals surface area (Å²) in [6.07, 6.45) is 5.06. The monoisotopic (exact) mass is 379 g/mol. The molecule has 1 aliphatic heterocycles. The molecule has 0 aliphatic carbocycles. The molecule has 1 fully saturated rings. The molecule has 0 saturated carbocycles. The average molecular weight is 379 g/mol. The maximum absolute atomic E-state index is 12.2. The van der Waals surface area contributed by atoms with Crippen LogP contribution in [-0.4, -0.2) is 32.7 Å². The van der Waals surface area contributed by atoms with Crippen LogP contribution in [0.4, 0.5) is 11.4 Å². The van der Waals surface area contributed by atoms with Gasteiger partial charge in [0.2, 0.25) is 0 Å². The van der Waals surface area contributed by atoms with Crippen LogP contribution in [0.3, 0.4) is 0 Å². The summed E-state index contributed by atoms with van der Waals surface area (Å²) in [5, 5.41) is 11.8. The molecule has 1 N–H and O–H groups in total. The first-order valence-corrected chi connectivity index (χ1v) is 9.55. The number of amides is 1. The minimum Gasteiger partial charge on any atom is -0.493 e. The maximum Gasteiger partial charge on any atom is 0.262 e. The van der Waals surface area contributed by atoms with E-state index < -0.39 is 0 Å². The fourth-order valence-corrected chi connectivity index (χ4v) is 3.28. The number of carbonyl (C=O) groups is 1. The highest BCUT2D eigenvalue weighted by atomic mass is 16.5. The number of hydrogen-bond acceptors (Lipinski definition) is 5. The second kappa shape index (κ2) is 9.65. The Hall–Kier alpha value is -3.20. The molecule has 1 amide bonds. The highest BCUT2D eigenvalue weighted by molar-refractivity contribution is 5.92. The van der Waals surface area contributed by atoms with Gasteiger partial charge >= 0.3 is 0 Å². The smallest absolute Gasteiger partial charge is 0.262 e. The molecule has 1 heterocycles. The van der Waals surface area contributed by atoms with Gasteiger partial charge in [-0.15, -0.1) is 0 Å². The van der Waals surface area contributed by atoms with Crippen molar-refractivity contribution in [3.8, 4) is 17.6 Å². The predicted octanol–water partition coefficient (Wildman–Crippen LogP) is 3.96. The number of ether oxygens (including phenoxy) is 2. The molecule has 28 heavy (non-hydrogen) atoms. The number of nitrogens with one attached hydrogen (secondary N) is 1. The number of nitrogens with zero attached hydrogens (tertiary/aromatic N) is 2. The van der Waals surface area contributed by atoms with E-state index in [-0.39, 0.29) is 12.5 Å². The van der Waals surface area contributed by atoms with Crippen molar-refractivity contribution < 1.29 is 14.3 Å².